The molecule has 29 heavy (non-hydrogen) atoms. The fraction of sp³-hybridized carbons (Fsp3) is 0.286. The number of esters is 1. The van der Waals surface area contributed by atoms with Gasteiger partial charge in [0.1, 0.15) is 11.6 Å². The number of hydrogen-bond acceptors (Lipinski definition) is 5. The minimum absolute atomic E-state index is 0.217. The smallest absolute Gasteiger partial charge is 0.341 e. The van der Waals surface area contributed by atoms with Crippen LogP contribution in [0.15, 0.2) is 42.5 Å². The van der Waals surface area contributed by atoms with Gasteiger partial charge in [-0.3, -0.25) is 9.59 Å². The summed E-state index contributed by atoms with van der Waals surface area (Å²) in [5.41, 5.74) is 1.35. The maximum Gasteiger partial charge on any atom is 0.341 e. The Bertz CT molecular complexity index is 900. The number of anilines is 1. The summed E-state index contributed by atoms with van der Waals surface area (Å²) in [6.45, 7) is 1.14. The number of nitrogens with zero attached hydrogens (tertiary/aromatic N) is 1. The van der Waals surface area contributed by atoms with Gasteiger partial charge < -0.3 is 19.7 Å². The molecule has 0 bridgehead atoms. The molecule has 1 N–H and O–H groups in total. The van der Waals surface area contributed by atoms with Crippen molar-refractivity contribution in [2.45, 2.75) is 13.3 Å². The number of amides is 2. The first kappa shape index (κ1) is 21.9. The van der Waals surface area contributed by atoms with Gasteiger partial charge in [0.05, 0.1) is 19.2 Å². The van der Waals surface area contributed by atoms with E-state index in [1.165, 1.54) is 26.3 Å². The van der Waals surface area contributed by atoms with Crippen molar-refractivity contribution in [3.8, 4) is 5.75 Å². The van der Waals surface area contributed by atoms with Gasteiger partial charge in [-0.1, -0.05) is 25.1 Å². The van der Waals surface area contributed by atoms with Crippen LogP contribution < -0.4 is 10.1 Å². The highest BCUT2D eigenvalue weighted by molar-refractivity contribution is 5.96. The average molecular weight is 402 g/mol. The van der Waals surface area contributed by atoms with Crippen LogP contribution in [-0.4, -0.2) is 50.0 Å². The number of rotatable bonds is 8. The van der Waals surface area contributed by atoms with Crippen LogP contribution in [0.25, 0.3) is 0 Å². The monoisotopic (exact) mass is 402 g/mol. The number of likely N-dealkylation sites (N-methyl/N-ethyl adjacent to an activating group) is 1. The van der Waals surface area contributed by atoms with Gasteiger partial charge in [0.25, 0.3) is 5.91 Å². The molecule has 8 heteroatoms. The van der Waals surface area contributed by atoms with Crippen molar-refractivity contribution in [3.63, 3.8) is 0 Å². The number of nitrogens with one attached hydrogen (secondary N) is 1. The Hall–Kier alpha value is -3.42. The Morgan fingerprint density at radius 1 is 1.14 bits per heavy atom. The predicted molar refractivity (Wildman–Crippen MR) is 105 cm³/mol. The molecule has 0 aromatic heterocycles. The van der Waals surface area contributed by atoms with Crippen molar-refractivity contribution >= 4 is 23.5 Å². The third-order valence-corrected chi connectivity index (χ3v) is 4.20. The Labute approximate surface area is 168 Å². The van der Waals surface area contributed by atoms with Crippen LogP contribution in [0.2, 0.25) is 0 Å². The van der Waals surface area contributed by atoms with E-state index in [1.807, 2.05) is 19.1 Å². The van der Waals surface area contributed by atoms with Crippen LogP contribution in [-0.2, 0) is 20.7 Å². The summed E-state index contributed by atoms with van der Waals surface area (Å²) in [6, 6.07) is 11.0. The topological polar surface area (TPSA) is 84.9 Å². The van der Waals surface area contributed by atoms with E-state index < -0.39 is 24.3 Å². The van der Waals surface area contributed by atoms with Crippen molar-refractivity contribution in [2.75, 3.05) is 32.6 Å². The van der Waals surface area contributed by atoms with E-state index >= 15 is 0 Å². The zero-order valence-corrected chi connectivity index (χ0v) is 16.5. The fourth-order valence-electron chi connectivity index (χ4n) is 2.55. The summed E-state index contributed by atoms with van der Waals surface area (Å²) in [7, 11) is 2.79. The molecule has 7 nitrogen and oxygen atoms in total. The Morgan fingerprint density at radius 2 is 1.86 bits per heavy atom. The van der Waals surface area contributed by atoms with E-state index in [9.17, 15) is 18.8 Å². The SMILES string of the molecule is CCc1ccccc1NC(=O)CN(C)C(=O)COC(=O)c1ccc(OC)cc1F. The van der Waals surface area contributed by atoms with Gasteiger partial charge >= 0.3 is 5.97 Å². The Balaban J connectivity index is 1.87. The van der Waals surface area contributed by atoms with Crippen molar-refractivity contribution in [3.05, 3.63) is 59.4 Å². The van der Waals surface area contributed by atoms with Gasteiger partial charge in [0, 0.05) is 18.8 Å². The average Bonchev–Trinajstić information content (AvgIpc) is 2.71. The third-order valence-electron chi connectivity index (χ3n) is 4.20. The van der Waals surface area contributed by atoms with Crippen LogP contribution in [0.4, 0.5) is 10.1 Å². The summed E-state index contributed by atoms with van der Waals surface area (Å²) >= 11 is 0. The maximum absolute atomic E-state index is 13.9. The summed E-state index contributed by atoms with van der Waals surface area (Å²) in [5.74, 6) is -2.51. The number of halogens is 1. The third kappa shape index (κ3) is 6.03. The van der Waals surface area contributed by atoms with E-state index in [2.05, 4.69) is 5.32 Å². The van der Waals surface area contributed by atoms with E-state index in [0.29, 0.717) is 5.69 Å². The van der Waals surface area contributed by atoms with E-state index in [1.54, 1.807) is 12.1 Å². The number of benzene rings is 2. The minimum atomic E-state index is -0.978. The molecule has 0 heterocycles. The second-order valence-corrected chi connectivity index (χ2v) is 6.23. The Kier molecular flexibility index (Phi) is 7.70. The lowest BCUT2D eigenvalue weighted by Crippen LogP contribution is -2.37. The summed E-state index contributed by atoms with van der Waals surface area (Å²) in [6.07, 6.45) is 0.753. The standard InChI is InChI=1S/C21H23FN2O5/c1-4-14-7-5-6-8-18(14)23-19(25)12-24(2)20(26)13-29-21(27)16-10-9-15(28-3)11-17(16)22/h5-11H,4,12-13H2,1-3H3,(H,23,25). The summed E-state index contributed by atoms with van der Waals surface area (Å²) in [4.78, 5) is 37.4. The van der Waals surface area contributed by atoms with Gasteiger partial charge in [-0.25, -0.2) is 9.18 Å². The van der Waals surface area contributed by atoms with Crippen molar-refractivity contribution in [1.29, 1.82) is 0 Å². The summed E-state index contributed by atoms with van der Waals surface area (Å²) < 4.78 is 23.6. The molecule has 154 valence electrons. The zero-order chi connectivity index (χ0) is 21.4. The number of hydrogen-bond donors (Lipinski definition) is 1. The second-order valence-electron chi connectivity index (χ2n) is 6.23. The molecule has 2 aromatic carbocycles. The molecule has 2 aromatic rings. The first-order valence-corrected chi connectivity index (χ1v) is 8.98. The largest absolute Gasteiger partial charge is 0.497 e. The molecular weight excluding hydrogens is 379 g/mol. The number of carbonyl (C=O) groups is 3. The van der Waals surface area contributed by atoms with Crippen molar-refractivity contribution < 1.29 is 28.2 Å². The van der Waals surface area contributed by atoms with Crippen LogP contribution in [0, 0.1) is 5.82 Å². The predicted octanol–water partition coefficient (Wildman–Crippen LogP) is 2.65. The van der Waals surface area contributed by atoms with Crippen LogP contribution in [0.1, 0.15) is 22.8 Å². The molecule has 0 atom stereocenters. The van der Waals surface area contributed by atoms with E-state index in [-0.39, 0.29) is 23.8 Å². The van der Waals surface area contributed by atoms with E-state index in [4.69, 9.17) is 9.47 Å². The number of ether oxygens (including phenoxy) is 2. The van der Waals surface area contributed by atoms with Gasteiger partial charge in [-0.2, -0.15) is 0 Å². The lowest BCUT2D eigenvalue weighted by atomic mass is 10.1. The number of methoxy groups -OCH3 is 1. The number of aryl methyl sites for hydroxylation is 1. The molecule has 0 aliphatic heterocycles. The molecule has 0 aliphatic carbocycles. The van der Waals surface area contributed by atoms with Gasteiger partial charge in [-0.15, -0.1) is 0 Å². The van der Waals surface area contributed by atoms with Crippen LogP contribution in [0.5, 0.6) is 5.75 Å². The molecule has 2 amide bonds. The molecular formula is C21H23FN2O5. The van der Waals surface area contributed by atoms with Gasteiger partial charge in [0.2, 0.25) is 5.91 Å². The molecule has 0 aliphatic rings. The van der Waals surface area contributed by atoms with Crippen LogP contribution >= 0.6 is 0 Å². The van der Waals surface area contributed by atoms with Gasteiger partial charge in [0.15, 0.2) is 6.61 Å². The zero-order valence-electron chi connectivity index (χ0n) is 16.5. The van der Waals surface area contributed by atoms with Crippen LogP contribution in [0.3, 0.4) is 0 Å². The first-order chi connectivity index (χ1) is 13.8. The molecule has 2 rings (SSSR count). The first-order valence-electron chi connectivity index (χ1n) is 8.98. The Morgan fingerprint density at radius 3 is 2.52 bits per heavy atom. The molecule has 0 spiro atoms. The maximum atomic E-state index is 13.9. The van der Waals surface area contributed by atoms with Crippen molar-refractivity contribution in [1.82, 2.24) is 4.90 Å². The fourth-order valence-corrected chi connectivity index (χ4v) is 2.55. The minimum Gasteiger partial charge on any atom is -0.497 e. The molecule has 0 radical (unpaired) electrons. The van der Waals surface area contributed by atoms with E-state index in [0.717, 1.165) is 23.0 Å². The highest BCUT2D eigenvalue weighted by Crippen LogP contribution is 2.17. The number of para-hydroxylation sites is 1. The summed E-state index contributed by atoms with van der Waals surface area (Å²) in [5, 5.41) is 2.75. The molecule has 0 saturated heterocycles. The molecule has 0 unspecified atom stereocenters. The molecule has 0 saturated carbocycles. The lowest BCUT2D eigenvalue weighted by molar-refractivity contribution is -0.136. The highest BCUT2D eigenvalue weighted by atomic mass is 19.1. The number of carbonyl (C=O) groups excluding carboxylic acids is 3. The second kappa shape index (κ2) is 10.2. The molecule has 0 fully saturated rings. The lowest BCUT2D eigenvalue weighted by Gasteiger charge is -2.17. The van der Waals surface area contributed by atoms with Gasteiger partial charge in [-0.05, 0) is 30.2 Å². The highest BCUT2D eigenvalue weighted by Gasteiger charge is 2.19. The normalized spacial score (nSPS) is 10.2. The quantitative estimate of drug-likeness (QED) is 0.686. The van der Waals surface area contributed by atoms with Crippen molar-refractivity contribution in [2.24, 2.45) is 0 Å².